The third-order valence-corrected chi connectivity index (χ3v) is 5.37. The van der Waals surface area contributed by atoms with E-state index in [9.17, 15) is 8.42 Å². The Balaban J connectivity index is 0.000000924. The monoisotopic (exact) mass is 396 g/mol. The van der Waals surface area contributed by atoms with Crippen LogP contribution in [0.1, 0.15) is 13.8 Å². The number of pyridine rings is 1. The predicted molar refractivity (Wildman–Crippen MR) is 96.6 cm³/mol. The highest BCUT2D eigenvalue weighted by atomic mass is 79.9. The minimum Gasteiger partial charge on any atom is -0.396 e. The molecule has 6 nitrogen and oxygen atoms in total. The first-order valence-corrected chi connectivity index (χ1v) is 9.17. The Morgan fingerprint density at radius 2 is 1.74 bits per heavy atom. The second kappa shape index (κ2) is 6.59. The van der Waals surface area contributed by atoms with E-state index in [0.29, 0.717) is 21.2 Å². The van der Waals surface area contributed by atoms with Crippen LogP contribution in [0.4, 0.5) is 11.4 Å². The summed E-state index contributed by atoms with van der Waals surface area (Å²) in [6, 6.07) is 8.12. The molecule has 0 radical (unpaired) electrons. The molecule has 0 amide bonds. The minimum atomic E-state index is -3.75. The van der Waals surface area contributed by atoms with Gasteiger partial charge in [-0.25, -0.2) is 17.4 Å². The van der Waals surface area contributed by atoms with Crippen LogP contribution in [-0.2, 0) is 10.0 Å². The lowest BCUT2D eigenvalue weighted by molar-refractivity contribution is 0.588. The van der Waals surface area contributed by atoms with Gasteiger partial charge >= 0.3 is 0 Å². The molecule has 2 heterocycles. The van der Waals surface area contributed by atoms with E-state index in [1.165, 1.54) is 24.5 Å². The number of aromatic nitrogens is 2. The SMILES string of the molecule is CC.Nc1cnc2c(c(Br)cn2S(=O)(=O)c2ccccc2)c1N. The lowest BCUT2D eigenvalue weighted by atomic mass is 10.2. The van der Waals surface area contributed by atoms with Crippen LogP contribution >= 0.6 is 15.9 Å². The number of hydrogen-bond acceptors (Lipinski definition) is 5. The Morgan fingerprint density at radius 3 is 2.35 bits per heavy atom. The molecular weight excluding hydrogens is 380 g/mol. The summed E-state index contributed by atoms with van der Waals surface area (Å²) in [4.78, 5) is 4.28. The number of benzene rings is 1. The topological polar surface area (TPSA) is 104 Å². The molecule has 0 bridgehead atoms. The van der Waals surface area contributed by atoms with Gasteiger partial charge in [0.15, 0.2) is 5.65 Å². The first-order valence-electron chi connectivity index (χ1n) is 6.94. The fourth-order valence-corrected chi connectivity index (χ4v) is 4.12. The Morgan fingerprint density at radius 1 is 1.13 bits per heavy atom. The Hall–Kier alpha value is -2.06. The van der Waals surface area contributed by atoms with Gasteiger partial charge in [0.1, 0.15) is 0 Å². The Kier molecular flexibility index (Phi) is 4.96. The van der Waals surface area contributed by atoms with E-state index in [1.54, 1.807) is 18.2 Å². The van der Waals surface area contributed by atoms with Gasteiger partial charge < -0.3 is 11.5 Å². The van der Waals surface area contributed by atoms with Gasteiger partial charge in [-0.2, -0.15) is 0 Å². The van der Waals surface area contributed by atoms with E-state index < -0.39 is 10.0 Å². The maximum absolute atomic E-state index is 12.7. The van der Waals surface area contributed by atoms with Gasteiger partial charge in [0.2, 0.25) is 0 Å². The largest absolute Gasteiger partial charge is 0.396 e. The summed E-state index contributed by atoms with van der Waals surface area (Å²) in [6.45, 7) is 4.00. The molecule has 8 heteroatoms. The van der Waals surface area contributed by atoms with Crippen LogP contribution in [0, 0.1) is 0 Å². The number of anilines is 2. The second-order valence-corrected chi connectivity index (χ2v) is 7.09. The van der Waals surface area contributed by atoms with E-state index in [-0.39, 0.29) is 10.5 Å². The lowest BCUT2D eigenvalue weighted by Crippen LogP contribution is -2.12. The van der Waals surface area contributed by atoms with Gasteiger partial charge in [-0.1, -0.05) is 32.0 Å². The van der Waals surface area contributed by atoms with Crippen LogP contribution in [0.15, 0.2) is 52.1 Å². The number of nitrogens with zero attached hydrogens (tertiary/aromatic N) is 2. The van der Waals surface area contributed by atoms with E-state index >= 15 is 0 Å². The fourth-order valence-electron chi connectivity index (χ4n) is 2.05. The summed E-state index contributed by atoms with van der Waals surface area (Å²) in [5.41, 5.74) is 12.5. The summed E-state index contributed by atoms with van der Waals surface area (Å²) in [6.07, 6.45) is 2.77. The van der Waals surface area contributed by atoms with Gasteiger partial charge in [0.05, 0.1) is 27.9 Å². The molecule has 0 saturated heterocycles. The molecule has 0 aliphatic heterocycles. The van der Waals surface area contributed by atoms with E-state index in [2.05, 4.69) is 20.9 Å². The smallest absolute Gasteiger partial charge is 0.269 e. The summed E-state index contributed by atoms with van der Waals surface area (Å²) in [5.74, 6) is 0. The van der Waals surface area contributed by atoms with Crippen LogP contribution in [0.5, 0.6) is 0 Å². The standard InChI is InChI=1S/C13H11BrN4O2S.C2H6/c14-9-7-18(13-11(9)12(16)10(15)6-17-13)21(19,20)8-4-2-1-3-5-8;1-2/h1-7H,15H2,(H2,16,17);1-2H3. The minimum absolute atomic E-state index is 0.173. The van der Waals surface area contributed by atoms with Crippen LogP contribution in [0.25, 0.3) is 11.0 Å². The van der Waals surface area contributed by atoms with Crippen molar-refractivity contribution in [2.45, 2.75) is 18.7 Å². The summed E-state index contributed by atoms with van der Waals surface area (Å²) in [5, 5.41) is 0.481. The molecule has 0 saturated carbocycles. The van der Waals surface area contributed by atoms with Crippen LogP contribution in [0.3, 0.4) is 0 Å². The normalized spacial score (nSPS) is 11.1. The zero-order chi connectivity index (χ0) is 17.2. The molecule has 0 aliphatic rings. The molecule has 23 heavy (non-hydrogen) atoms. The molecule has 0 fully saturated rings. The number of rotatable bonds is 2. The van der Waals surface area contributed by atoms with Gasteiger partial charge in [0, 0.05) is 10.7 Å². The van der Waals surface area contributed by atoms with E-state index in [4.69, 9.17) is 11.5 Å². The van der Waals surface area contributed by atoms with E-state index in [1.807, 2.05) is 13.8 Å². The highest BCUT2D eigenvalue weighted by Crippen LogP contribution is 2.34. The molecule has 0 aliphatic carbocycles. The maximum atomic E-state index is 12.7. The molecule has 0 spiro atoms. The number of nitrogen functional groups attached to an aromatic ring is 2. The fraction of sp³-hybridized carbons (Fsp3) is 0.133. The van der Waals surface area contributed by atoms with Crippen molar-refractivity contribution in [3.63, 3.8) is 0 Å². The van der Waals surface area contributed by atoms with Crippen molar-refractivity contribution < 1.29 is 8.42 Å². The summed E-state index contributed by atoms with van der Waals surface area (Å²) in [7, 11) is -3.75. The molecule has 122 valence electrons. The average molecular weight is 397 g/mol. The van der Waals surface area contributed by atoms with Crippen molar-refractivity contribution in [2.75, 3.05) is 11.5 Å². The number of fused-ring (bicyclic) bond motifs is 1. The van der Waals surface area contributed by atoms with Crippen molar-refractivity contribution in [2.24, 2.45) is 0 Å². The lowest BCUT2D eigenvalue weighted by Gasteiger charge is -2.07. The molecule has 4 N–H and O–H groups in total. The van der Waals surface area contributed by atoms with E-state index in [0.717, 1.165) is 3.97 Å². The van der Waals surface area contributed by atoms with Gasteiger partial charge in [-0.3, -0.25) is 0 Å². The van der Waals surface area contributed by atoms with Gasteiger partial charge in [-0.15, -0.1) is 0 Å². The maximum Gasteiger partial charge on any atom is 0.269 e. The third kappa shape index (κ3) is 2.91. The van der Waals surface area contributed by atoms with Crippen molar-refractivity contribution in [1.29, 1.82) is 0 Å². The second-order valence-electron chi connectivity index (χ2n) is 4.42. The molecule has 1 aromatic carbocycles. The average Bonchev–Trinajstić information content (AvgIpc) is 2.92. The highest BCUT2D eigenvalue weighted by molar-refractivity contribution is 9.10. The number of nitrogens with two attached hydrogens (primary N) is 2. The van der Waals surface area contributed by atoms with Crippen molar-refractivity contribution in [3.05, 3.63) is 47.2 Å². The third-order valence-electron chi connectivity index (χ3n) is 3.11. The quantitative estimate of drug-likeness (QED) is 0.691. The molecule has 3 rings (SSSR count). The zero-order valence-electron chi connectivity index (χ0n) is 12.7. The van der Waals surface area contributed by atoms with Crippen molar-refractivity contribution in [3.8, 4) is 0 Å². The van der Waals surface area contributed by atoms with Gasteiger partial charge in [0.25, 0.3) is 10.0 Å². The summed E-state index contributed by atoms with van der Waals surface area (Å²) < 4.78 is 27.0. The van der Waals surface area contributed by atoms with Crippen LogP contribution in [-0.4, -0.2) is 17.4 Å². The van der Waals surface area contributed by atoms with Crippen molar-refractivity contribution in [1.82, 2.24) is 8.96 Å². The number of halogens is 1. The van der Waals surface area contributed by atoms with Crippen LogP contribution in [0.2, 0.25) is 0 Å². The highest BCUT2D eigenvalue weighted by Gasteiger charge is 2.23. The molecule has 0 unspecified atom stereocenters. The molecule has 2 aromatic heterocycles. The first kappa shape index (κ1) is 17.3. The first-order chi connectivity index (χ1) is 10.9. The van der Waals surface area contributed by atoms with Crippen molar-refractivity contribution >= 4 is 48.4 Å². The Labute approximate surface area is 143 Å². The van der Waals surface area contributed by atoms with Crippen LogP contribution < -0.4 is 11.5 Å². The van der Waals surface area contributed by atoms with Gasteiger partial charge in [-0.05, 0) is 28.1 Å². The zero-order valence-corrected chi connectivity index (χ0v) is 15.1. The molecular formula is C15H17BrN4O2S. The molecule has 0 atom stereocenters. The summed E-state index contributed by atoms with van der Waals surface area (Å²) >= 11 is 3.31. The predicted octanol–water partition coefficient (Wildman–Crippen LogP) is 3.23. The molecule has 3 aromatic rings. The Bertz CT molecular complexity index is 937. The number of hydrogen-bond donors (Lipinski definition) is 2.